The van der Waals surface area contributed by atoms with Crippen molar-refractivity contribution < 1.29 is 0 Å². The number of hydrogen-bond donors (Lipinski definition) is 0. The van der Waals surface area contributed by atoms with Gasteiger partial charge in [0.05, 0.1) is 49.8 Å². The SMILES string of the molecule is c1ccc(-c2ccc(-c3ccc(N(c4ccc(-c5ccc(-c6ccc7c8ccccc8n(-c8ccccc8)c7c6)cc5)cc4)c4ccc(-c5ccc(-n6c7ccccc7c7ccccc76)cc5)cc4)cc3)cc2)cc1.c1ccc(-c2ccc(-c3ccc(N(c4ccc(-c5ccc(-n6c7ccccc7c7ccccc76)cc5)cc4)c4ccc(-c5ccc6c7ccccc7n(-c7ccccc7)c6c5)c5ccccc45)cc3)cc2)cc1. The molecule has 0 bridgehead atoms. The van der Waals surface area contributed by atoms with Crippen molar-refractivity contribution in [2.45, 2.75) is 0 Å². The summed E-state index contributed by atoms with van der Waals surface area (Å²) in [6.07, 6.45) is 0. The van der Waals surface area contributed by atoms with E-state index in [1.165, 1.54) is 193 Å². The first-order chi connectivity index (χ1) is 73.4. The first-order valence-electron chi connectivity index (χ1n) is 50.8. The van der Waals surface area contributed by atoms with Gasteiger partial charge in [-0.25, -0.2) is 0 Å². The Bertz CT molecular complexity index is 9680. The van der Waals surface area contributed by atoms with Crippen molar-refractivity contribution >= 4 is 132 Å². The van der Waals surface area contributed by atoms with Crippen LogP contribution >= 0.6 is 0 Å². The highest BCUT2D eigenvalue weighted by molar-refractivity contribution is 6.15. The number of aromatic nitrogens is 4. The topological polar surface area (TPSA) is 26.2 Å². The fourth-order valence-corrected chi connectivity index (χ4v) is 22.5. The van der Waals surface area contributed by atoms with Gasteiger partial charge in [-0.05, 0) is 269 Å². The van der Waals surface area contributed by atoms with E-state index in [0.29, 0.717) is 0 Å². The quantitative estimate of drug-likeness (QED) is 0.0806. The molecule has 0 radical (unpaired) electrons. The van der Waals surface area contributed by atoms with E-state index in [2.05, 4.69) is 610 Å². The average molecular weight is 1890 g/mol. The Balaban J connectivity index is 0.000000146. The highest BCUT2D eigenvalue weighted by Crippen LogP contribution is 2.48. The zero-order valence-electron chi connectivity index (χ0n) is 81.1. The molecule has 28 rings (SSSR count). The summed E-state index contributed by atoms with van der Waals surface area (Å²) in [5.74, 6) is 0. The molecule has 0 aliphatic heterocycles. The molecule has 6 heteroatoms. The Morgan fingerprint density at radius 1 is 0.108 bits per heavy atom. The van der Waals surface area contributed by atoms with Crippen molar-refractivity contribution in [3.05, 3.63) is 582 Å². The predicted molar refractivity (Wildman–Crippen MR) is 626 cm³/mol. The minimum absolute atomic E-state index is 1.08. The predicted octanol–water partition coefficient (Wildman–Crippen LogP) is 38.9. The van der Waals surface area contributed by atoms with E-state index in [9.17, 15) is 0 Å². The smallest absolute Gasteiger partial charge is 0.0547 e. The second-order valence-corrected chi connectivity index (χ2v) is 38.2. The van der Waals surface area contributed by atoms with Gasteiger partial charge in [-0.1, -0.05) is 419 Å². The molecule has 0 fully saturated rings. The largest absolute Gasteiger partial charge is 0.311 e. The van der Waals surface area contributed by atoms with E-state index in [1.54, 1.807) is 0 Å². The van der Waals surface area contributed by atoms with E-state index in [4.69, 9.17) is 0 Å². The molecule has 0 amide bonds. The molecule has 4 aromatic heterocycles. The average Bonchev–Trinajstić information content (AvgIpc) is 1.52. The van der Waals surface area contributed by atoms with Gasteiger partial charge in [0.25, 0.3) is 0 Å². The third-order valence-electron chi connectivity index (χ3n) is 29.7. The maximum atomic E-state index is 2.42. The van der Waals surface area contributed by atoms with Crippen LogP contribution in [0.5, 0.6) is 0 Å². The Kier molecular flexibility index (Phi) is 22.2. The lowest BCUT2D eigenvalue weighted by Gasteiger charge is -2.28. The van der Waals surface area contributed by atoms with Crippen LogP contribution in [0, 0.1) is 0 Å². The Morgan fingerprint density at radius 3 is 0.595 bits per heavy atom. The van der Waals surface area contributed by atoms with Crippen molar-refractivity contribution in [2.24, 2.45) is 0 Å². The van der Waals surface area contributed by atoms with Gasteiger partial charge in [-0.2, -0.15) is 0 Å². The number of anilines is 6. The summed E-state index contributed by atoms with van der Waals surface area (Å²) >= 11 is 0. The summed E-state index contributed by atoms with van der Waals surface area (Å²) in [5.41, 5.74) is 42.1. The van der Waals surface area contributed by atoms with Crippen LogP contribution in [0.15, 0.2) is 582 Å². The van der Waals surface area contributed by atoms with Crippen molar-refractivity contribution in [2.75, 3.05) is 9.80 Å². The second kappa shape index (κ2) is 37.7. The molecule has 0 N–H and O–H groups in total. The summed E-state index contributed by atoms with van der Waals surface area (Å²) in [7, 11) is 0. The van der Waals surface area contributed by atoms with E-state index in [-0.39, 0.29) is 0 Å². The first kappa shape index (κ1) is 87.4. The van der Waals surface area contributed by atoms with E-state index in [0.717, 1.165) is 62.4 Å². The molecule has 0 aliphatic carbocycles. The summed E-state index contributed by atoms with van der Waals surface area (Å²) in [4.78, 5) is 4.77. The number of para-hydroxylation sites is 8. The van der Waals surface area contributed by atoms with Crippen molar-refractivity contribution in [1.82, 2.24) is 18.3 Å². The monoisotopic (exact) mass is 1880 g/mol. The fraction of sp³-hybridized carbons (Fsp3) is 0. The lowest BCUT2D eigenvalue weighted by atomic mass is 9.95. The highest BCUT2D eigenvalue weighted by atomic mass is 15.2. The normalized spacial score (nSPS) is 11.5. The summed E-state index contributed by atoms with van der Waals surface area (Å²) in [6, 6.07) is 212. The summed E-state index contributed by atoms with van der Waals surface area (Å²) in [6.45, 7) is 0. The third-order valence-corrected chi connectivity index (χ3v) is 29.7. The van der Waals surface area contributed by atoms with Crippen LogP contribution in [-0.4, -0.2) is 18.3 Å². The molecule has 24 aromatic carbocycles. The van der Waals surface area contributed by atoms with Gasteiger partial charge in [0.15, 0.2) is 0 Å². The number of nitrogens with zero attached hydrogens (tertiary/aromatic N) is 6. The molecule has 0 aliphatic rings. The van der Waals surface area contributed by atoms with E-state index < -0.39 is 0 Å². The zero-order chi connectivity index (χ0) is 97.9. The minimum Gasteiger partial charge on any atom is -0.311 e. The molecule has 0 unspecified atom stereocenters. The fourth-order valence-electron chi connectivity index (χ4n) is 22.5. The van der Waals surface area contributed by atoms with Crippen LogP contribution in [-0.2, 0) is 0 Å². The molecular weight excluding hydrogens is 1790 g/mol. The highest BCUT2D eigenvalue weighted by Gasteiger charge is 2.24. The minimum atomic E-state index is 1.08. The molecule has 0 saturated heterocycles. The number of rotatable bonds is 19. The Labute approximate surface area is 859 Å². The van der Waals surface area contributed by atoms with Crippen LogP contribution in [0.1, 0.15) is 0 Å². The number of benzene rings is 24. The molecule has 0 spiro atoms. The molecule has 28 aromatic rings. The summed E-state index contributed by atoms with van der Waals surface area (Å²) < 4.78 is 9.53. The number of fused-ring (bicyclic) bond motifs is 13. The number of hydrogen-bond acceptors (Lipinski definition) is 2. The third kappa shape index (κ3) is 16.0. The van der Waals surface area contributed by atoms with Crippen LogP contribution in [0.25, 0.3) is 221 Å². The Hall–Kier alpha value is -19.7. The standard InChI is InChI=1S/C72H49N3.C70H47N3/c1-3-13-50(14-4-1)51-23-25-52(26-24-51)54-31-40-61(41-32-54)73(63-44-35-56(36-45-63)57-37-46-64(47-38-57)74-69-20-10-7-17-65(69)66-18-8-11-21-70(66)74)62-42-33-55(34-43-62)53-27-29-58(30-28-53)59-39-48-68-67-19-9-12-22-71(67)75(72(68)49-59)60-15-5-2-6-16-60;1-3-15-48(16-4-1)49-27-29-50(30-28-49)51-31-38-56(39-32-51)71(57-40-33-52(34-41-57)53-35-42-58(43-36-53)72-66-24-12-9-21-62(66)63-22-10-13-25-67(63)72)69-46-45-59(60-19-7-8-20-61(60)69)54-37-44-65-64-23-11-14-26-68(64)73(70(65)47-54)55-17-5-2-6-18-55/h1-49H;1-47H. The molecule has 0 saturated carbocycles. The molecule has 6 nitrogen and oxygen atoms in total. The maximum absolute atomic E-state index is 2.42. The van der Waals surface area contributed by atoms with Gasteiger partial charge >= 0.3 is 0 Å². The van der Waals surface area contributed by atoms with E-state index in [1.807, 2.05) is 0 Å². The van der Waals surface area contributed by atoms with Gasteiger partial charge in [-0.15, -0.1) is 0 Å². The van der Waals surface area contributed by atoms with Crippen molar-refractivity contribution in [3.63, 3.8) is 0 Å². The van der Waals surface area contributed by atoms with E-state index >= 15 is 0 Å². The Morgan fingerprint density at radius 2 is 0.297 bits per heavy atom. The molecular formula is C142H96N6. The lowest BCUT2D eigenvalue weighted by molar-refractivity contribution is 1.18. The van der Waals surface area contributed by atoms with Gasteiger partial charge in [0.1, 0.15) is 0 Å². The van der Waals surface area contributed by atoms with Crippen LogP contribution in [0.4, 0.5) is 34.1 Å². The zero-order valence-corrected chi connectivity index (χ0v) is 81.1. The van der Waals surface area contributed by atoms with Crippen molar-refractivity contribution in [3.8, 4) is 123 Å². The van der Waals surface area contributed by atoms with Gasteiger partial charge in [0, 0.05) is 99.7 Å². The molecule has 694 valence electrons. The van der Waals surface area contributed by atoms with Crippen molar-refractivity contribution in [1.29, 1.82) is 0 Å². The van der Waals surface area contributed by atoms with Crippen LogP contribution < -0.4 is 9.80 Å². The molecule has 4 heterocycles. The van der Waals surface area contributed by atoms with Gasteiger partial charge < -0.3 is 28.1 Å². The van der Waals surface area contributed by atoms with Crippen LogP contribution in [0.2, 0.25) is 0 Å². The second-order valence-electron chi connectivity index (χ2n) is 38.2. The molecule has 148 heavy (non-hydrogen) atoms. The maximum Gasteiger partial charge on any atom is 0.0547 e. The van der Waals surface area contributed by atoms with Gasteiger partial charge in [-0.3, -0.25) is 0 Å². The lowest BCUT2D eigenvalue weighted by Crippen LogP contribution is -2.10. The van der Waals surface area contributed by atoms with Gasteiger partial charge in [0.2, 0.25) is 0 Å². The molecule has 0 atom stereocenters. The first-order valence-corrected chi connectivity index (χ1v) is 50.8. The van der Waals surface area contributed by atoms with Crippen LogP contribution in [0.3, 0.4) is 0 Å². The summed E-state index contributed by atoms with van der Waals surface area (Å²) in [5, 5.41) is 12.4.